The zero-order valence-electron chi connectivity index (χ0n) is 13.3. The Morgan fingerprint density at radius 3 is 2.77 bits per heavy atom. The van der Waals surface area contributed by atoms with Gasteiger partial charge >= 0.3 is 0 Å². The van der Waals surface area contributed by atoms with Gasteiger partial charge in [-0.25, -0.2) is 9.97 Å². The lowest BCUT2D eigenvalue weighted by molar-refractivity contribution is 0.852. The first-order valence-electron chi connectivity index (χ1n) is 8.06. The van der Waals surface area contributed by atoms with Crippen molar-refractivity contribution in [1.29, 1.82) is 0 Å². The maximum Gasteiger partial charge on any atom is 0.184 e. The SMILES string of the molecule is CCc1cc(NCC2CC2)n2nc3nc(C)cc(C)c3c2n1. The Morgan fingerprint density at radius 2 is 2.05 bits per heavy atom. The zero-order valence-corrected chi connectivity index (χ0v) is 13.3. The van der Waals surface area contributed by atoms with Crippen LogP contribution < -0.4 is 5.32 Å². The standard InChI is InChI=1S/C17H21N5/c1-4-13-8-14(18-9-12-5-6-12)22-17(20-13)15-10(2)7-11(3)19-16(15)21-22/h7-8,12,18H,4-6,9H2,1-3H3. The minimum Gasteiger partial charge on any atom is -0.370 e. The Bertz CT molecular complexity index is 860. The highest BCUT2D eigenvalue weighted by molar-refractivity contribution is 5.93. The minimum absolute atomic E-state index is 0.785. The van der Waals surface area contributed by atoms with Crippen LogP contribution in [0.5, 0.6) is 0 Å². The van der Waals surface area contributed by atoms with E-state index in [2.05, 4.69) is 36.3 Å². The number of anilines is 1. The first kappa shape index (κ1) is 13.5. The number of aromatic nitrogens is 4. The first-order chi connectivity index (χ1) is 10.7. The molecule has 114 valence electrons. The predicted octanol–water partition coefficient (Wildman–Crippen LogP) is 3.28. The van der Waals surface area contributed by atoms with Gasteiger partial charge in [-0.05, 0) is 50.7 Å². The molecule has 3 aromatic rings. The lowest BCUT2D eigenvalue weighted by Crippen LogP contribution is -2.09. The van der Waals surface area contributed by atoms with Gasteiger partial charge in [-0.15, -0.1) is 5.10 Å². The summed E-state index contributed by atoms with van der Waals surface area (Å²) in [5.74, 6) is 1.85. The molecule has 1 N–H and O–H groups in total. The molecular formula is C17H21N5. The topological polar surface area (TPSA) is 55.1 Å². The van der Waals surface area contributed by atoms with Gasteiger partial charge in [0, 0.05) is 24.0 Å². The van der Waals surface area contributed by atoms with Gasteiger partial charge in [-0.3, -0.25) is 0 Å². The molecule has 5 heteroatoms. The summed E-state index contributed by atoms with van der Waals surface area (Å²) in [5.41, 5.74) is 4.97. The average Bonchev–Trinajstić information content (AvgIpc) is 3.23. The van der Waals surface area contributed by atoms with Crippen molar-refractivity contribution in [1.82, 2.24) is 19.6 Å². The van der Waals surface area contributed by atoms with Gasteiger partial charge in [0.05, 0.1) is 5.39 Å². The van der Waals surface area contributed by atoms with Crippen molar-refractivity contribution in [2.75, 3.05) is 11.9 Å². The van der Waals surface area contributed by atoms with Gasteiger partial charge in [0.1, 0.15) is 5.82 Å². The molecule has 0 aromatic carbocycles. The Kier molecular flexibility index (Phi) is 3.03. The van der Waals surface area contributed by atoms with Crippen LogP contribution in [0.4, 0.5) is 5.82 Å². The molecule has 0 saturated heterocycles. The van der Waals surface area contributed by atoms with E-state index in [1.165, 1.54) is 18.4 Å². The van der Waals surface area contributed by atoms with Gasteiger partial charge in [0.25, 0.3) is 0 Å². The van der Waals surface area contributed by atoms with Crippen molar-refractivity contribution in [3.8, 4) is 0 Å². The summed E-state index contributed by atoms with van der Waals surface area (Å²) >= 11 is 0. The number of nitrogens with zero attached hydrogens (tertiary/aromatic N) is 4. The van der Waals surface area contributed by atoms with E-state index in [4.69, 9.17) is 10.1 Å². The molecular weight excluding hydrogens is 274 g/mol. The first-order valence-corrected chi connectivity index (χ1v) is 8.06. The van der Waals surface area contributed by atoms with Crippen LogP contribution in [0.25, 0.3) is 16.7 Å². The van der Waals surface area contributed by atoms with Crippen molar-refractivity contribution in [2.45, 2.75) is 40.0 Å². The van der Waals surface area contributed by atoms with E-state index in [0.29, 0.717) is 0 Å². The van der Waals surface area contributed by atoms with Crippen LogP contribution >= 0.6 is 0 Å². The van der Waals surface area contributed by atoms with Crippen molar-refractivity contribution in [3.63, 3.8) is 0 Å². The summed E-state index contributed by atoms with van der Waals surface area (Å²) in [7, 11) is 0. The molecule has 0 bridgehead atoms. The summed E-state index contributed by atoms with van der Waals surface area (Å²) in [4.78, 5) is 9.37. The van der Waals surface area contributed by atoms with Gasteiger partial charge in [0.2, 0.25) is 0 Å². The number of fused-ring (bicyclic) bond motifs is 3. The summed E-state index contributed by atoms with van der Waals surface area (Å²) < 4.78 is 1.92. The minimum atomic E-state index is 0.785. The second-order valence-electron chi connectivity index (χ2n) is 6.33. The van der Waals surface area contributed by atoms with E-state index in [-0.39, 0.29) is 0 Å². The summed E-state index contributed by atoms with van der Waals surface area (Å²) in [5, 5.41) is 9.31. The number of aryl methyl sites for hydroxylation is 3. The number of pyridine rings is 1. The number of hydrogen-bond acceptors (Lipinski definition) is 4. The molecule has 4 rings (SSSR count). The second kappa shape index (κ2) is 4.93. The predicted molar refractivity (Wildman–Crippen MR) is 88.4 cm³/mol. The Labute approximate surface area is 129 Å². The van der Waals surface area contributed by atoms with Crippen molar-refractivity contribution in [3.05, 3.63) is 29.1 Å². The largest absolute Gasteiger partial charge is 0.370 e. The van der Waals surface area contributed by atoms with E-state index in [0.717, 1.165) is 52.8 Å². The molecule has 0 atom stereocenters. The van der Waals surface area contributed by atoms with Crippen molar-refractivity contribution < 1.29 is 0 Å². The molecule has 1 saturated carbocycles. The average molecular weight is 295 g/mol. The zero-order chi connectivity index (χ0) is 15.3. The molecule has 0 amide bonds. The Morgan fingerprint density at radius 1 is 1.23 bits per heavy atom. The number of rotatable bonds is 4. The molecule has 5 nitrogen and oxygen atoms in total. The third-order valence-electron chi connectivity index (χ3n) is 4.36. The molecule has 3 heterocycles. The summed E-state index contributed by atoms with van der Waals surface area (Å²) in [6.45, 7) is 7.27. The smallest absolute Gasteiger partial charge is 0.184 e. The Hall–Kier alpha value is -2.17. The number of hydrogen-bond donors (Lipinski definition) is 1. The number of nitrogens with one attached hydrogen (secondary N) is 1. The molecule has 22 heavy (non-hydrogen) atoms. The van der Waals surface area contributed by atoms with E-state index in [9.17, 15) is 0 Å². The van der Waals surface area contributed by atoms with Crippen LogP contribution in [0.3, 0.4) is 0 Å². The van der Waals surface area contributed by atoms with E-state index in [1.54, 1.807) is 0 Å². The van der Waals surface area contributed by atoms with E-state index >= 15 is 0 Å². The van der Waals surface area contributed by atoms with Crippen molar-refractivity contribution >= 4 is 22.5 Å². The highest BCUT2D eigenvalue weighted by Crippen LogP contribution is 2.30. The lowest BCUT2D eigenvalue weighted by atomic mass is 10.2. The highest BCUT2D eigenvalue weighted by Gasteiger charge is 2.22. The lowest BCUT2D eigenvalue weighted by Gasteiger charge is -2.09. The van der Waals surface area contributed by atoms with Gasteiger partial charge in [-0.2, -0.15) is 4.52 Å². The van der Waals surface area contributed by atoms with Crippen molar-refractivity contribution in [2.24, 2.45) is 5.92 Å². The molecule has 1 fully saturated rings. The van der Waals surface area contributed by atoms with Crippen LogP contribution in [0.1, 0.15) is 36.7 Å². The van der Waals surface area contributed by atoms with Crippen LogP contribution in [-0.4, -0.2) is 26.1 Å². The molecule has 0 unspecified atom stereocenters. The van der Waals surface area contributed by atoms with Crippen LogP contribution in [-0.2, 0) is 6.42 Å². The molecule has 3 aromatic heterocycles. The fraction of sp³-hybridized carbons (Fsp3) is 0.471. The fourth-order valence-corrected chi connectivity index (χ4v) is 2.95. The van der Waals surface area contributed by atoms with Gasteiger partial charge < -0.3 is 5.32 Å². The van der Waals surface area contributed by atoms with E-state index in [1.807, 2.05) is 11.4 Å². The third kappa shape index (κ3) is 2.21. The monoisotopic (exact) mass is 295 g/mol. The second-order valence-corrected chi connectivity index (χ2v) is 6.33. The molecule has 1 aliphatic carbocycles. The van der Waals surface area contributed by atoms with Crippen LogP contribution in [0, 0.1) is 19.8 Å². The highest BCUT2D eigenvalue weighted by atomic mass is 15.3. The molecule has 0 spiro atoms. The van der Waals surface area contributed by atoms with Crippen LogP contribution in [0.15, 0.2) is 12.1 Å². The summed E-state index contributed by atoms with van der Waals surface area (Å²) in [6.07, 6.45) is 3.59. The third-order valence-corrected chi connectivity index (χ3v) is 4.36. The molecule has 1 aliphatic rings. The van der Waals surface area contributed by atoms with E-state index < -0.39 is 0 Å². The fourth-order valence-electron chi connectivity index (χ4n) is 2.95. The molecule has 0 radical (unpaired) electrons. The van der Waals surface area contributed by atoms with Crippen LogP contribution in [0.2, 0.25) is 0 Å². The quantitative estimate of drug-likeness (QED) is 0.802. The van der Waals surface area contributed by atoms with Gasteiger partial charge in [0.15, 0.2) is 11.3 Å². The Balaban J connectivity index is 1.95. The molecule has 0 aliphatic heterocycles. The normalized spacial score (nSPS) is 14.9. The maximum absolute atomic E-state index is 4.80. The summed E-state index contributed by atoms with van der Waals surface area (Å²) in [6, 6.07) is 4.21. The maximum atomic E-state index is 4.80. The van der Waals surface area contributed by atoms with Gasteiger partial charge in [-0.1, -0.05) is 6.92 Å².